The molecule has 0 aromatic carbocycles. The monoisotopic (exact) mass is 311 g/mol. The number of aryl methyl sites for hydroxylation is 2. The minimum absolute atomic E-state index is 0.00799. The number of fused-ring (bicyclic) bond motifs is 1. The number of aromatic nitrogens is 4. The fourth-order valence-electron chi connectivity index (χ4n) is 2.64. The zero-order valence-electron chi connectivity index (χ0n) is 12.1. The molecule has 2 heterocycles. The first-order chi connectivity index (χ1) is 10.4. The van der Waals surface area contributed by atoms with Crippen molar-refractivity contribution in [2.75, 3.05) is 5.32 Å². The summed E-state index contributed by atoms with van der Waals surface area (Å²) in [4.78, 5) is 7.94. The van der Waals surface area contributed by atoms with E-state index in [1.54, 1.807) is 0 Å². The van der Waals surface area contributed by atoms with Crippen molar-refractivity contribution < 1.29 is 13.2 Å². The van der Waals surface area contributed by atoms with Crippen molar-refractivity contribution in [1.29, 1.82) is 0 Å². The van der Waals surface area contributed by atoms with Crippen LogP contribution in [0.2, 0.25) is 0 Å². The quantitative estimate of drug-likeness (QED) is 0.914. The van der Waals surface area contributed by atoms with Crippen LogP contribution < -0.4 is 5.32 Å². The molecule has 118 valence electrons. The van der Waals surface area contributed by atoms with Crippen LogP contribution in [-0.4, -0.2) is 20.2 Å². The molecule has 0 fully saturated rings. The summed E-state index contributed by atoms with van der Waals surface area (Å²) in [6.45, 7) is 2.13. The Morgan fingerprint density at radius 1 is 1.23 bits per heavy atom. The molecule has 0 bridgehead atoms. The van der Waals surface area contributed by atoms with Crippen molar-refractivity contribution in [2.24, 2.45) is 0 Å². The van der Waals surface area contributed by atoms with E-state index >= 15 is 0 Å². The number of halogens is 3. The molecule has 0 aliphatic heterocycles. The minimum Gasteiger partial charge on any atom is -0.348 e. The summed E-state index contributed by atoms with van der Waals surface area (Å²) in [6, 6.07) is 1.82. The smallest absolute Gasteiger partial charge is 0.348 e. The molecule has 1 aliphatic carbocycles. The topological polar surface area (TPSA) is 66.5 Å². The maximum Gasteiger partial charge on any atom is 0.433 e. The van der Waals surface area contributed by atoms with Crippen LogP contribution in [-0.2, 0) is 25.6 Å². The second kappa shape index (κ2) is 5.58. The van der Waals surface area contributed by atoms with Gasteiger partial charge in [0.15, 0.2) is 5.69 Å². The van der Waals surface area contributed by atoms with E-state index in [0.29, 0.717) is 24.2 Å². The van der Waals surface area contributed by atoms with E-state index < -0.39 is 11.9 Å². The highest BCUT2D eigenvalue weighted by Crippen LogP contribution is 2.35. The Morgan fingerprint density at radius 2 is 2.00 bits per heavy atom. The van der Waals surface area contributed by atoms with Gasteiger partial charge in [0.2, 0.25) is 5.95 Å². The van der Waals surface area contributed by atoms with Gasteiger partial charge in [-0.15, -0.1) is 0 Å². The first-order valence-corrected chi connectivity index (χ1v) is 7.15. The Balaban J connectivity index is 1.88. The molecule has 5 nitrogen and oxygen atoms in total. The van der Waals surface area contributed by atoms with Crippen LogP contribution in [0.5, 0.6) is 0 Å². The second-order valence-corrected chi connectivity index (χ2v) is 5.42. The third-order valence-electron chi connectivity index (χ3n) is 3.64. The van der Waals surface area contributed by atoms with Gasteiger partial charge in [-0.25, -0.2) is 9.97 Å². The Morgan fingerprint density at radius 3 is 2.68 bits per heavy atom. The SMILES string of the molecule is Cc1cc(CNc2nc3c(c(C(F)(F)F)n2)CCCC3)n[nH]1. The first-order valence-electron chi connectivity index (χ1n) is 7.15. The standard InChI is InChI=1S/C14H16F3N5/c1-8-6-9(22-21-8)7-18-13-19-11-5-3-2-4-10(11)12(20-13)14(15,16)17/h6H,2-5,7H2,1H3,(H,21,22)(H,18,19,20). The molecule has 2 aromatic rings. The summed E-state index contributed by atoms with van der Waals surface area (Å²) in [5.41, 5.74) is 1.54. The first kappa shape index (κ1) is 14.8. The maximum atomic E-state index is 13.2. The molecule has 0 saturated heterocycles. The van der Waals surface area contributed by atoms with Crippen molar-refractivity contribution in [3.8, 4) is 0 Å². The van der Waals surface area contributed by atoms with Crippen LogP contribution in [0.25, 0.3) is 0 Å². The van der Waals surface area contributed by atoms with E-state index in [2.05, 4.69) is 25.5 Å². The summed E-state index contributed by atoms with van der Waals surface area (Å²) < 4.78 is 39.6. The molecule has 0 saturated carbocycles. The molecule has 0 unspecified atom stereocenters. The zero-order valence-corrected chi connectivity index (χ0v) is 12.1. The molecule has 0 amide bonds. The zero-order chi connectivity index (χ0) is 15.7. The van der Waals surface area contributed by atoms with Crippen molar-refractivity contribution >= 4 is 5.95 Å². The largest absolute Gasteiger partial charge is 0.433 e. The number of H-pyrrole nitrogens is 1. The van der Waals surface area contributed by atoms with Gasteiger partial charge in [-0.2, -0.15) is 18.3 Å². The van der Waals surface area contributed by atoms with Gasteiger partial charge in [-0.05, 0) is 38.7 Å². The van der Waals surface area contributed by atoms with E-state index in [1.807, 2.05) is 13.0 Å². The van der Waals surface area contributed by atoms with E-state index in [9.17, 15) is 13.2 Å². The number of nitrogens with zero attached hydrogens (tertiary/aromatic N) is 3. The molecule has 0 atom stereocenters. The number of nitrogens with one attached hydrogen (secondary N) is 2. The lowest BCUT2D eigenvalue weighted by Crippen LogP contribution is -2.20. The lowest BCUT2D eigenvalue weighted by atomic mass is 9.94. The van der Waals surface area contributed by atoms with Gasteiger partial charge in [-0.1, -0.05) is 0 Å². The number of rotatable bonds is 3. The summed E-state index contributed by atoms with van der Waals surface area (Å²) in [5, 5.41) is 9.64. The van der Waals surface area contributed by atoms with Crippen LogP contribution in [0, 0.1) is 6.92 Å². The molecule has 8 heteroatoms. The normalized spacial score (nSPS) is 14.7. The van der Waals surface area contributed by atoms with Crippen LogP contribution in [0.4, 0.5) is 19.1 Å². The number of aromatic amines is 1. The van der Waals surface area contributed by atoms with Crippen LogP contribution in [0.1, 0.15) is 41.2 Å². The average molecular weight is 311 g/mol. The predicted molar refractivity (Wildman–Crippen MR) is 74.3 cm³/mol. The van der Waals surface area contributed by atoms with E-state index in [0.717, 1.165) is 18.5 Å². The van der Waals surface area contributed by atoms with Gasteiger partial charge in [0, 0.05) is 17.0 Å². The van der Waals surface area contributed by atoms with E-state index in [4.69, 9.17) is 0 Å². The number of hydrogen-bond acceptors (Lipinski definition) is 4. The molecular formula is C14H16F3N5. The Labute approximate surface area is 125 Å². The van der Waals surface area contributed by atoms with Gasteiger partial charge < -0.3 is 5.32 Å². The van der Waals surface area contributed by atoms with E-state index in [-0.39, 0.29) is 18.1 Å². The highest BCUT2D eigenvalue weighted by atomic mass is 19.4. The minimum atomic E-state index is -4.45. The van der Waals surface area contributed by atoms with Gasteiger partial charge >= 0.3 is 6.18 Å². The summed E-state index contributed by atoms with van der Waals surface area (Å²) in [5.74, 6) is 0.00799. The fraction of sp³-hybridized carbons (Fsp3) is 0.500. The highest BCUT2D eigenvalue weighted by molar-refractivity contribution is 5.38. The molecule has 2 aromatic heterocycles. The maximum absolute atomic E-state index is 13.2. The molecule has 1 aliphatic rings. The summed E-state index contributed by atoms with van der Waals surface area (Å²) in [6.07, 6.45) is -1.89. The Bertz CT molecular complexity index is 678. The Hall–Kier alpha value is -2.12. The molecule has 3 rings (SSSR count). The number of hydrogen-bond donors (Lipinski definition) is 2. The Kier molecular flexibility index (Phi) is 3.76. The fourth-order valence-corrected chi connectivity index (χ4v) is 2.64. The molecule has 22 heavy (non-hydrogen) atoms. The average Bonchev–Trinajstić information content (AvgIpc) is 2.89. The van der Waals surface area contributed by atoms with Crippen molar-refractivity contribution in [3.63, 3.8) is 0 Å². The van der Waals surface area contributed by atoms with Crippen LogP contribution in [0.15, 0.2) is 6.07 Å². The lowest BCUT2D eigenvalue weighted by molar-refractivity contribution is -0.142. The van der Waals surface area contributed by atoms with Crippen molar-refractivity contribution in [3.05, 3.63) is 34.4 Å². The number of anilines is 1. The van der Waals surface area contributed by atoms with Gasteiger partial charge in [-0.3, -0.25) is 5.10 Å². The predicted octanol–water partition coefficient (Wildman–Crippen LogP) is 3.02. The molecular weight excluding hydrogens is 295 g/mol. The molecule has 0 radical (unpaired) electrons. The van der Waals surface area contributed by atoms with Crippen molar-refractivity contribution in [1.82, 2.24) is 20.2 Å². The number of alkyl halides is 3. The molecule has 0 spiro atoms. The highest BCUT2D eigenvalue weighted by Gasteiger charge is 2.37. The third-order valence-corrected chi connectivity index (χ3v) is 3.64. The van der Waals surface area contributed by atoms with Crippen LogP contribution in [0.3, 0.4) is 0 Å². The van der Waals surface area contributed by atoms with Gasteiger partial charge in [0.05, 0.1) is 12.2 Å². The second-order valence-electron chi connectivity index (χ2n) is 5.42. The summed E-state index contributed by atoms with van der Waals surface area (Å²) >= 11 is 0. The van der Waals surface area contributed by atoms with Crippen LogP contribution >= 0.6 is 0 Å². The lowest BCUT2D eigenvalue weighted by Gasteiger charge is -2.20. The van der Waals surface area contributed by atoms with E-state index in [1.165, 1.54) is 0 Å². The summed E-state index contributed by atoms with van der Waals surface area (Å²) in [7, 11) is 0. The van der Waals surface area contributed by atoms with Gasteiger partial charge in [0.25, 0.3) is 0 Å². The third kappa shape index (κ3) is 3.05. The van der Waals surface area contributed by atoms with Crippen molar-refractivity contribution in [2.45, 2.75) is 45.3 Å². The van der Waals surface area contributed by atoms with Gasteiger partial charge in [0.1, 0.15) is 0 Å². The molecule has 2 N–H and O–H groups in total.